The van der Waals surface area contributed by atoms with Crippen molar-refractivity contribution in [3.05, 3.63) is 46.4 Å². The molecular formula is C17H20N2O4S. The summed E-state index contributed by atoms with van der Waals surface area (Å²) in [4.78, 5) is 27.7. The molecule has 1 amide bonds. The third-order valence-electron chi connectivity index (χ3n) is 3.38. The second-order valence-corrected chi connectivity index (χ2v) is 7.12. The smallest absolute Gasteiger partial charge is 0.326 e. The second kappa shape index (κ2) is 7.44. The van der Waals surface area contributed by atoms with Crippen LogP contribution in [0.2, 0.25) is 0 Å². The van der Waals surface area contributed by atoms with E-state index in [-0.39, 0.29) is 0 Å². The SMILES string of the molecule is CC(C)(C)[C@H](NC(=O)c1ccc(OCc2cscn2)cc1)C(=O)O. The van der Waals surface area contributed by atoms with Gasteiger partial charge in [0.2, 0.25) is 0 Å². The lowest BCUT2D eigenvalue weighted by Gasteiger charge is -2.27. The lowest BCUT2D eigenvalue weighted by Crippen LogP contribution is -2.49. The maximum Gasteiger partial charge on any atom is 0.326 e. The van der Waals surface area contributed by atoms with Gasteiger partial charge in [-0.1, -0.05) is 20.8 Å². The van der Waals surface area contributed by atoms with Crippen LogP contribution < -0.4 is 10.1 Å². The Morgan fingerprint density at radius 1 is 1.29 bits per heavy atom. The van der Waals surface area contributed by atoms with Gasteiger partial charge in [-0.3, -0.25) is 4.79 Å². The first-order valence-corrected chi connectivity index (χ1v) is 8.35. The van der Waals surface area contributed by atoms with Crippen molar-refractivity contribution in [2.24, 2.45) is 5.41 Å². The number of nitrogens with one attached hydrogen (secondary N) is 1. The second-order valence-electron chi connectivity index (χ2n) is 6.40. The molecule has 0 aliphatic heterocycles. The fourth-order valence-corrected chi connectivity index (χ4v) is 2.57. The number of carboxylic acids is 1. The van der Waals surface area contributed by atoms with Crippen LogP contribution in [0.1, 0.15) is 36.8 Å². The number of hydrogen-bond acceptors (Lipinski definition) is 5. The van der Waals surface area contributed by atoms with Gasteiger partial charge in [0, 0.05) is 10.9 Å². The van der Waals surface area contributed by atoms with Gasteiger partial charge in [-0.25, -0.2) is 9.78 Å². The van der Waals surface area contributed by atoms with E-state index in [1.807, 2.05) is 5.38 Å². The van der Waals surface area contributed by atoms with Crippen molar-refractivity contribution >= 4 is 23.2 Å². The number of nitrogens with zero attached hydrogens (tertiary/aromatic N) is 1. The molecule has 128 valence electrons. The molecule has 7 heteroatoms. The Balaban J connectivity index is 1.99. The minimum Gasteiger partial charge on any atom is -0.487 e. The highest BCUT2D eigenvalue weighted by Gasteiger charge is 2.32. The minimum absolute atomic E-state index is 0.361. The predicted molar refractivity (Wildman–Crippen MR) is 91.2 cm³/mol. The molecule has 24 heavy (non-hydrogen) atoms. The van der Waals surface area contributed by atoms with Gasteiger partial charge in [0.15, 0.2) is 0 Å². The van der Waals surface area contributed by atoms with Gasteiger partial charge < -0.3 is 15.2 Å². The number of benzene rings is 1. The Morgan fingerprint density at radius 2 is 1.96 bits per heavy atom. The largest absolute Gasteiger partial charge is 0.487 e. The summed E-state index contributed by atoms with van der Waals surface area (Å²) in [5.74, 6) is -0.868. The number of thiazole rings is 1. The van der Waals surface area contributed by atoms with Crippen molar-refractivity contribution in [1.82, 2.24) is 10.3 Å². The lowest BCUT2D eigenvalue weighted by atomic mass is 9.86. The van der Waals surface area contributed by atoms with E-state index in [9.17, 15) is 14.7 Å². The quantitative estimate of drug-likeness (QED) is 0.838. The molecule has 0 aliphatic rings. The van der Waals surface area contributed by atoms with E-state index in [1.54, 1.807) is 50.5 Å². The molecule has 1 aromatic heterocycles. The van der Waals surface area contributed by atoms with E-state index in [0.29, 0.717) is 17.9 Å². The number of carbonyl (C=O) groups excluding carboxylic acids is 1. The van der Waals surface area contributed by atoms with E-state index in [4.69, 9.17) is 4.74 Å². The van der Waals surface area contributed by atoms with Gasteiger partial charge in [0.25, 0.3) is 5.91 Å². The topological polar surface area (TPSA) is 88.5 Å². The predicted octanol–water partition coefficient (Wildman–Crippen LogP) is 2.95. The van der Waals surface area contributed by atoms with Gasteiger partial charge in [-0.2, -0.15) is 0 Å². The molecule has 2 aromatic rings. The molecule has 0 spiro atoms. The summed E-state index contributed by atoms with van der Waals surface area (Å²) in [7, 11) is 0. The number of aromatic nitrogens is 1. The van der Waals surface area contributed by atoms with Crippen LogP contribution in [0.3, 0.4) is 0 Å². The number of rotatable bonds is 6. The molecule has 2 rings (SSSR count). The van der Waals surface area contributed by atoms with Crippen LogP contribution in [-0.2, 0) is 11.4 Å². The first-order chi connectivity index (χ1) is 11.3. The molecule has 6 nitrogen and oxygen atoms in total. The summed E-state index contributed by atoms with van der Waals surface area (Å²) in [6, 6.07) is 5.59. The van der Waals surface area contributed by atoms with E-state index in [0.717, 1.165) is 5.69 Å². The highest BCUT2D eigenvalue weighted by molar-refractivity contribution is 7.07. The fraction of sp³-hybridized carbons (Fsp3) is 0.353. The molecule has 0 fully saturated rings. The summed E-state index contributed by atoms with van der Waals surface area (Å²) in [5, 5.41) is 13.7. The molecule has 0 saturated carbocycles. The number of ether oxygens (including phenoxy) is 1. The number of amides is 1. The zero-order valence-corrected chi connectivity index (χ0v) is 14.6. The first-order valence-electron chi connectivity index (χ1n) is 7.41. The van der Waals surface area contributed by atoms with Crippen LogP contribution in [0.25, 0.3) is 0 Å². The summed E-state index contributed by atoms with van der Waals surface area (Å²) in [6.45, 7) is 5.66. The average molecular weight is 348 g/mol. The molecule has 0 saturated heterocycles. The number of hydrogen-bond donors (Lipinski definition) is 2. The lowest BCUT2D eigenvalue weighted by molar-refractivity contribution is -0.142. The average Bonchev–Trinajstić information content (AvgIpc) is 3.03. The standard InChI is InChI=1S/C17H20N2O4S/c1-17(2,3)14(16(21)22)19-15(20)11-4-6-13(7-5-11)23-8-12-9-24-10-18-12/h4-7,9-10,14H,8H2,1-3H3,(H,19,20)(H,21,22)/t14-/m1/s1. The van der Waals surface area contributed by atoms with Crippen LogP contribution >= 0.6 is 11.3 Å². The summed E-state index contributed by atoms with van der Waals surface area (Å²) < 4.78 is 5.58. The van der Waals surface area contributed by atoms with Crippen LogP contribution in [0.5, 0.6) is 5.75 Å². The zero-order chi connectivity index (χ0) is 17.7. The maximum absolute atomic E-state index is 12.2. The number of carboxylic acid groups (broad SMARTS) is 1. The Kier molecular flexibility index (Phi) is 5.56. The van der Waals surface area contributed by atoms with Crippen molar-refractivity contribution in [3.8, 4) is 5.75 Å². The van der Waals surface area contributed by atoms with E-state index < -0.39 is 23.3 Å². The number of carbonyl (C=O) groups is 2. The Morgan fingerprint density at radius 3 is 2.46 bits per heavy atom. The molecule has 0 radical (unpaired) electrons. The third-order valence-corrected chi connectivity index (χ3v) is 4.01. The molecule has 0 aliphatic carbocycles. The summed E-state index contributed by atoms with van der Waals surface area (Å²) in [6.07, 6.45) is 0. The highest BCUT2D eigenvalue weighted by Crippen LogP contribution is 2.20. The Hall–Kier alpha value is -2.41. The van der Waals surface area contributed by atoms with Gasteiger partial charge in [-0.15, -0.1) is 11.3 Å². The Bertz CT molecular complexity index is 690. The number of aliphatic carboxylic acids is 1. The van der Waals surface area contributed by atoms with E-state index in [2.05, 4.69) is 10.3 Å². The van der Waals surface area contributed by atoms with Gasteiger partial charge >= 0.3 is 5.97 Å². The van der Waals surface area contributed by atoms with E-state index in [1.165, 1.54) is 11.3 Å². The van der Waals surface area contributed by atoms with Crippen molar-refractivity contribution in [2.45, 2.75) is 33.4 Å². The Labute approximate surface area is 144 Å². The van der Waals surface area contributed by atoms with Crippen LogP contribution in [0.15, 0.2) is 35.2 Å². The van der Waals surface area contributed by atoms with Crippen LogP contribution in [0, 0.1) is 5.41 Å². The normalized spacial score (nSPS) is 12.5. The summed E-state index contributed by atoms with van der Waals surface area (Å²) >= 11 is 1.50. The van der Waals surface area contributed by atoms with E-state index >= 15 is 0 Å². The van der Waals surface area contributed by atoms with Crippen molar-refractivity contribution in [1.29, 1.82) is 0 Å². The fourth-order valence-electron chi connectivity index (χ4n) is 2.03. The van der Waals surface area contributed by atoms with Gasteiger partial charge in [-0.05, 0) is 29.7 Å². The molecule has 0 unspecified atom stereocenters. The van der Waals surface area contributed by atoms with Crippen molar-refractivity contribution in [3.63, 3.8) is 0 Å². The van der Waals surface area contributed by atoms with Gasteiger partial charge in [0.05, 0.1) is 11.2 Å². The maximum atomic E-state index is 12.2. The first kappa shape index (κ1) is 17.9. The molecule has 2 N–H and O–H groups in total. The van der Waals surface area contributed by atoms with Crippen LogP contribution in [0.4, 0.5) is 0 Å². The minimum atomic E-state index is -1.06. The molecular weight excluding hydrogens is 328 g/mol. The van der Waals surface area contributed by atoms with Crippen molar-refractivity contribution < 1.29 is 19.4 Å². The molecule has 1 heterocycles. The molecule has 1 aromatic carbocycles. The zero-order valence-electron chi connectivity index (χ0n) is 13.8. The van der Waals surface area contributed by atoms with Crippen LogP contribution in [-0.4, -0.2) is 28.0 Å². The molecule has 1 atom stereocenters. The highest BCUT2D eigenvalue weighted by atomic mass is 32.1. The monoisotopic (exact) mass is 348 g/mol. The van der Waals surface area contributed by atoms with Gasteiger partial charge in [0.1, 0.15) is 18.4 Å². The third kappa shape index (κ3) is 4.79. The summed E-state index contributed by atoms with van der Waals surface area (Å²) in [5.41, 5.74) is 2.38. The molecule has 0 bridgehead atoms. The van der Waals surface area contributed by atoms with Crippen molar-refractivity contribution in [2.75, 3.05) is 0 Å².